The van der Waals surface area contributed by atoms with Gasteiger partial charge >= 0.3 is 5.97 Å². The fraction of sp³-hybridized carbons (Fsp3) is 0.556. The average Bonchev–Trinajstić information content (AvgIpc) is 2.52. The van der Waals surface area contributed by atoms with Gasteiger partial charge < -0.3 is 15.2 Å². The van der Waals surface area contributed by atoms with E-state index in [2.05, 4.69) is 10.3 Å². The Morgan fingerprint density at radius 2 is 2.04 bits per heavy atom. The minimum atomic E-state index is -1.64. The summed E-state index contributed by atoms with van der Waals surface area (Å²) in [6, 6.07) is 3.60. The monoisotopic (exact) mass is 379 g/mol. The number of carbonyl (C=O) groups is 2. The maximum atomic E-state index is 12.3. The smallest absolute Gasteiger partial charge is 0.306 e. The van der Waals surface area contributed by atoms with Crippen LogP contribution in [0.4, 0.5) is 5.69 Å². The van der Waals surface area contributed by atoms with Gasteiger partial charge in [-0.15, -0.1) is 11.8 Å². The lowest BCUT2D eigenvalue weighted by atomic mass is 9.98. The number of carbonyl (C=O) groups excluding carboxylic acids is 2. The molecule has 0 aliphatic carbocycles. The number of hydrogen-bond acceptors (Lipinski definition) is 7. The van der Waals surface area contributed by atoms with E-state index in [-0.39, 0.29) is 24.5 Å². The molecule has 1 aromatic rings. The van der Waals surface area contributed by atoms with Crippen molar-refractivity contribution in [2.45, 2.75) is 63.1 Å². The van der Waals surface area contributed by atoms with Crippen molar-refractivity contribution in [3.63, 3.8) is 0 Å². The lowest BCUT2D eigenvalue weighted by molar-refractivity contribution is -0.155. The summed E-state index contributed by atoms with van der Waals surface area (Å²) in [4.78, 5) is 28.6. The third-order valence-electron chi connectivity index (χ3n) is 3.39. The van der Waals surface area contributed by atoms with Crippen molar-refractivity contribution in [3.8, 4) is 6.07 Å². The van der Waals surface area contributed by atoms with Crippen LogP contribution in [0.5, 0.6) is 0 Å². The summed E-state index contributed by atoms with van der Waals surface area (Å²) < 4.78 is 5.20. The molecule has 0 radical (unpaired) electrons. The summed E-state index contributed by atoms with van der Waals surface area (Å²) in [5.74, 6) is -0.963. The Bertz CT molecular complexity index is 705. The van der Waals surface area contributed by atoms with Gasteiger partial charge in [-0.05, 0) is 52.9 Å². The highest BCUT2D eigenvalue weighted by atomic mass is 32.2. The molecule has 0 aliphatic heterocycles. The van der Waals surface area contributed by atoms with E-state index in [1.54, 1.807) is 33.1 Å². The van der Waals surface area contributed by atoms with Gasteiger partial charge in [-0.25, -0.2) is 4.98 Å². The number of rotatable bonds is 7. The minimum absolute atomic E-state index is 0.108. The van der Waals surface area contributed by atoms with Gasteiger partial charge in [0.1, 0.15) is 17.3 Å². The molecular formula is C18H25N3O4S. The van der Waals surface area contributed by atoms with Crippen LogP contribution in [0.1, 0.15) is 52.7 Å². The number of amides is 1. The number of esters is 1. The molecule has 1 rings (SSSR count). The predicted molar refractivity (Wildman–Crippen MR) is 99.7 cm³/mol. The number of thioether (sulfide) groups is 1. The van der Waals surface area contributed by atoms with Crippen LogP contribution < -0.4 is 5.32 Å². The third kappa shape index (κ3) is 7.02. The van der Waals surface area contributed by atoms with Gasteiger partial charge in [-0.1, -0.05) is 0 Å². The summed E-state index contributed by atoms with van der Waals surface area (Å²) >= 11 is 1.34. The van der Waals surface area contributed by atoms with Crippen molar-refractivity contribution in [2.75, 3.05) is 11.6 Å². The molecule has 1 heterocycles. The molecular weight excluding hydrogens is 354 g/mol. The number of aromatic nitrogens is 1. The van der Waals surface area contributed by atoms with Crippen LogP contribution in [0, 0.1) is 11.3 Å². The normalized spacial score (nSPS) is 13.4. The average molecular weight is 379 g/mol. The first-order valence-corrected chi connectivity index (χ1v) is 9.41. The first-order valence-electron chi connectivity index (χ1n) is 8.18. The van der Waals surface area contributed by atoms with E-state index in [0.717, 1.165) is 0 Å². The number of nitrogens with one attached hydrogen (secondary N) is 1. The molecule has 2 N–H and O–H groups in total. The topological polar surface area (TPSA) is 112 Å². The maximum Gasteiger partial charge on any atom is 0.306 e. The molecule has 1 unspecified atom stereocenters. The van der Waals surface area contributed by atoms with Crippen LogP contribution in [0.15, 0.2) is 17.2 Å². The highest BCUT2D eigenvalue weighted by molar-refractivity contribution is 7.98. The fourth-order valence-electron chi connectivity index (χ4n) is 2.10. The molecule has 0 saturated heterocycles. The maximum absolute atomic E-state index is 12.3. The Labute approximate surface area is 158 Å². The van der Waals surface area contributed by atoms with Crippen LogP contribution >= 0.6 is 11.8 Å². The number of nitriles is 1. The zero-order chi connectivity index (χ0) is 20.0. The molecule has 0 spiro atoms. The van der Waals surface area contributed by atoms with E-state index >= 15 is 0 Å². The number of anilines is 1. The van der Waals surface area contributed by atoms with Gasteiger partial charge in [0.15, 0.2) is 5.69 Å². The summed E-state index contributed by atoms with van der Waals surface area (Å²) in [7, 11) is 0. The van der Waals surface area contributed by atoms with E-state index in [1.807, 2.05) is 6.07 Å². The van der Waals surface area contributed by atoms with Crippen molar-refractivity contribution in [1.29, 1.82) is 5.26 Å². The summed E-state index contributed by atoms with van der Waals surface area (Å²) in [5.41, 5.74) is -1.53. The Hall–Kier alpha value is -2.11. The Kier molecular flexibility index (Phi) is 7.60. The summed E-state index contributed by atoms with van der Waals surface area (Å²) in [6.07, 6.45) is 3.72. The second kappa shape index (κ2) is 9.01. The Morgan fingerprint density at radius 3 is 2.58 bits per heavy atom. The van der Waals surface area contributed by atoms with Gasteiger partial charge in [0, 0.05) is 11.3 Å². The van der Waals surface area contributed by atoms with Crippen molar-refractivity contribution in [1.82, 2.24) is 4.98 Å². The van der Waals surface area contributed by atoms with Crippen molar-refractivity contribution in [2.24, 2.45) is 0 Å². The molecule has 1 amide bonds. The van der Waals surface area contributed by atoms with Gasteiger partial charge in [0.2, 0.25) is 0 Å². The highest BCUT2D eigenvalue weighted by Gasteiger charge is 2.30. The largest absolute Gasteiger partial charge is 0.460 e. The molecule has 0 fully saturated rings. The number of pyridine rings is 1. The quantitative estimate of drug-likeness (QED) is 0.553. The molecule has 0 bridgehead atoms. The number of nitrogens with zero attached hydrogens (tertiary/aromatic N) is 2. The number of ether oxygens (including phenoxy) is 1. The SMILES string of the molecule is CSc1cc(NC(=O)C(C)(O)CCCC(=O)OC(C)(C)C)cnc1C#N. The van der Waals surface area contributed by atoms with E-state index in [4.69, 9.17) is 10.00 Å². The first kappa shape index (κ1) is 21.9. The molecule has 0 aromatic carbocycles. The predicted octanol–water partition coefficient (Wildman–Crippen LogP) is 2.88. The standard InChI is InChI=1S/C18H25N3O4S/c1-17(2,3)25-15(22)7-6-8-18(4,24)16(23)21-12-9-14(26-5)13(10-19)20-11-12/h9,11,24H,6-8H2,1-5H3,(H,21,23). The second-order valence-electron chi connectivity index (χ2n) is 7.05. The Morgan fingerprint density at radius 1 is 1.38 bits per heavy atom. The third-order valence-corrected chi connectivity index (χ3v) is 4.14. The first-order chi connectivity index (χ1) is 12.0. The lowest BCUT2D eigenvalue weighted by Gasteiger charge is -2.23. The van der Waals surface area contributed by atoms with Crippen LogP contribution in [0.3, 0.4) is 0 Å². The molecule has 142 valence electrons. The summed E-state index contributed by atoms with van der Waals surface area (Å²) in [5, 5.41) is 21.9. The van der Waals surface area contributed by atoms with Crippen LogP contribution in [-0.4, -0.2) is 39.4 Å². The highest BCUT2D eigenvalue weighted by Crippen LogP contribution is 2.23. The zero-order valence-electron chi connectivity index (χ0n) is 15.8. The molecule has 0 saturated carbocycles. The molecule has 0 aliphatic rings. The second-order valence-corrected chi connectivity index (χ2v) is 7.90. The van der Waals surface area contributed by atoms with Crippen LogP contribution in [0.2, 0.25) is 0 Å². The van der Waals surface area contributed by atoms with E-state index in [9.17, 15) is 14.7 Å². The Balaban J connectivity index is 2.63. The lowest BCUT2D eigenvalue weighted by Crippen LogP contribution is -2.40. The van der Waals surface area contributed by atoms with Gasteiger partial charge in [-0.2, -0.15) is 5.26 Å². The zero-order valence-corrected chi connectivity index (χ0v) is 16.6. The van der Waals surface area contributed by atoms with E-state index in [0.29, 0.717) is 17.0 Å². The molecule has 7 nitrogen and oxygen atoms in total. The molecule has 1 aromatic heterocycles. The fourth-order valence-corrected chi connectivity index (χ4v) is 2.64. The number of hydrogen-bond donors (Lipinski definition) is 2. The van der Waals surface area contributed by atoms with Crippen LogP contribution in [-0.2, 0) is 14.3 Å². The van der Waals surface area contributed by atoms with Crippen LogP contribution in [0.25, 0.3) is 0 Å². The number of aliphatic hydroxyl groups is 1. The van der Waals surface area contributed by atoms with Crippen molar-refractivity contribution < 1.29 is 19.4 Å². The minimum Gasteiger partial charge on any atom is -0.460 e. The van der Waals surface area contributed by atoms with Gasteiger partial charge in [0.05, 0.1) is 11.9 Å². The van der Waals surface area contributed by atoms with Crippen molar-refractivity contribution in [3.05, 3.63) is 18.0 Å². The summed E-state index contributed by atoms with van der Waals surface area (Å²) in [6.45, 7) is 6.74. The van der Waals surface area contributed by atoms with Crippen molar-refractivity contribution >= 4 is 29.3 Å². The van der Waals surface area contributed by atoms with E-state index in [1.165, 1.54) is 24.9 Å². The van der Waals surface area contributed by atoms with E-state index < -0.39 is 17.1 Å². The van der Waals surface area contributed by atoms with Gasteiger partial charge in [-0.3, -0.25) is 9.59 Å². The molecule has 8 heteroatoms. The van der Waals surface area contributed by atoms with Gasteiger partial charge in [0.25, 0.3) is 5.91 Å². The molecule has 1 atom stereocenters. The molecule has 26 heavy (non-hydrogen) atoms.